The van der Waals surface area contributed by atoms with Gasteiger partial charge in [-0.25, -0.2) is 4.98 Å². The highest BCUT2D eigenvalue weighted by molar-refractivity contribution is 5.19. The highest BCUT2D eigenvalue weighted by Gasteiger charge is 1.90. The van der Waals surface area contributed by atoms with E-state index in [2.05, 4.69) is 43.7 Å². The number of ether oxygens (including phenoxy) is 1. The Labute approximate surface area is 149 Å². The highest BCUT2D eigenvalue weighted by atomic mass is 16.5. The summed E-state index contributed by atoms with van der Waals surface area (Å²) in [5, 5.41) is 0. The number of nitrogens with zero attached hydrogens (tertiary/aromatic N) is 2. The number of hydrogen-bond acceptors (Lipinski definition) is 3. The largest absolute Gasteiger partial charge is 0.481 e. The van der Waals surface area contributed by atoms with Gasteiger partial charge in [0.2, 0.25) is 5.88 Å². The van der Waals surface area contributed by atoms with Crippen molar-refractivity contribution in [2.45, 2.75) is 62.3 Å². The Bertz CT molecular complexity index is 549. The van der Waals surface area contributed by atoms with Crippen LogP contribution in [0.15, 0.2) is 30.3 Å². The van der Waals surface area contributed by atoms with Crippen LogP contribution < -0.4 is 4.74 Å². The fourth-order valence-electron chi connectivity index (χ4n) is 1.39. The van der Waals surface area contributed by atoms with Gasteiger partial charge in [0.15, 0.2) is 0 Å². The molecule has 0 aromatic carbocycles. The fraction of sp³-hybridized carbons (Fsp3) is 0.524. The third-order valence-corrected chi connectivity index (χ3v) is 2.56. The number of aryl methyl sites for hydroxylation is 4. The Morgan fingerprint density at radius 1 is 0.792 bits per heavy atom. The normalized spacial score (nSPS) is 8.79. The molecule has 0 aliphatic carbocycles. The van der Waals surface area contributed by atoms with Gasteiger partial charge in [-0.15, -0.1) is 0 Å². The zero-order valence-electron chi connectivity index (χ0n) is 17.3. The molecule has 3 heteroatoms. The molecule has 0 spiro atoms. The lowest BCUT2D eigenvalue weighted by Gasteiger charge is -1.97. The van der Waals surface area contributed by atoms with Crippen molar-refractivity contribution in [3.8, 4) is 5.88 Å². The molecule has 0 aliphatic heterocycles. The maximum absolute atomic E-state index is 4.88. The van der Waals surface area contributed by atoms with Crippen LogP contribution in [0.1, 0.15) is 57.3 Å². The summed E-state index contributed by atoms with van der Waals surface area (Å²) in [5.74, 6) is 1.51. The Morgan fingerprint density at radius 3 is 1.62 bits per heavy atom. The predicted molar refractivity (Wildman–Crippen MR) is 106 cm³/mol. The van der Waals surface area contributed by atoms with Crippen molar-refractivity contribution in [1.29, 1.82) is 0 Å². The smallest absolute Gasteiger partial charge is 0.213 e. The van der Waals surface area contributed by atoms with Crippen molar-refractivity contribution >= 4 is 0 Å². The summed E-state index contributed by atoms with van der Waals surface area (Å²) >= 11 is 0. The van der Waals surface area contributed by atoms with E-state index in [-0.39, 0.29) is 0 Å². The highest BCUT2D eigenvalue weighted by Crippen LogP contribution is 2.04. The van der Waals surface area contributed by atoms with E-state index in [0.29, 0.717) is 5.88 Å². The molecule has 0 fully saturated rings. The molecular formula is C21H36N2O. The minimum Gasteiger partial charge on any atom is -0.481 e. The van der Waals surface area contributed by atoms with Crippen LogP contribution >= 0.6 is 0 Å². The molecule has 0 unspecified atom stereocenters. The number of aromatic nitrogens is 2. The maximum Gasteiger partial charge on any atom is 0.213 e. The first-order chi connectivity index (χ1) is 11.3. The molecular weight excluding hydrogens is 296 g/mol. The van der Waals surface area contributed by atoms with E-state index >= 15 is 0 Å². The Morgan fingerprint density at radius 2 is 1.29 bits per heavy atom. The molecule has 0 radical (unpaired) electrons. The van der Waals surface area contributed by atoms with Crippen molar-refractivity contribution < 1.29 is 4.74 Å². The molecule has 2 aromatic heterocycles. The average molecular weight is 333 g/mol. The van der Waals surface area contributed by atoms with Gasteiger partial charge in [0.1, 0.15) is 0 Å². The summed E-state index contributed by atoms with van der Waals surface area (Å²) in [6.45, 7) is 18.5. The van der Waals surface area contributed by atoms with Gasteiger partial charge in [-0.3, -0.25) is 4.98 Å². The Balaban J connectivity index is 0. The molecule has 0 amide bonds. The van der Waals surface area contributed by atoms with Crippen molar-refractivity contribution in [3.05, 3.63) is 53.0 Å². The van der Waals surface area contributed by atoms with Crippen LogP contribution in [0.4, 0.5) is 0 Å². The summed E-state index contributed by atoms with van der Waals surface area (Å²) in [6.07, 6.45) is 0. The summed E-state index contributed by atoms with van der Waals surface area (Å²) in [5.41, 5.74) is 4.48. The molecule has 0 atom stereocenters. The first kappa shape index (κ1) is 24.4. The minimum absolute atomic E-state index is 0.676. The van der Waals surface area contributed by atoms with Gasteiger partial charge in [-0.1, -0.05) is 46.8 Å². The van der Waals surface area contributed by atoms with Gasteiger partial charge in [0.05, 0.1) is 7.11 Å². The number of methoxy groups -OCH3 is 1. The van der Waals surface area contributed by atoms with Crippen molar-refractivity contribution in [1.82, 2.24) is 9.97 Å². The lowest BCUT2D eigenvalue weighted by Crippen LogP contribution is -1.87. The summed E-state index contributed by atoms with van der Waals surface area (Å²) < 4.78 is 4.88. The fourth-order valence-corrected chi connectivity index (χ4v) is 1.39. The summed E-state index contributed by atoms with van der Waals surface area (Å²) in [7, 11) is 1.61. The average Bonchev–Trinajstić information content (AvgIpc) is 2.53. The molecule has 2 aromatic rings. The molecule has 0 aliphatic rings. The van der Waals surface area contributed by atoms with E-state index < -0.39 is 0 Å². The molecule has 24 heavy (non-hydrogen) atoms. The van der Waals surface area contributed by atoms with Gasteiger partial charge in [0.25, 0.3) is 0 Å². The molecule has 0 saturated heterocycles. The minimum atomic E-state index is 0.676. The molecule has 2 heterocycles. The molecule has 3 nitrogen and oxygen atoms in total. The van der Waals surface area contributed by atoms with E-state index in [9.17, 15) is 0 Å². The van der Waals surface area contributed by atoms with Gasteiger partial charge >= 0.3 is 0 Å². The second kappa shape index (κ2) is 14.7. The van der Waals surface area contributed by atoms with Crippen LogP contribution in [-0.2, 0) is 0 Å². The molecule has 0 bridgehead atoms. The second-order valence-corrected chi connectivity index (χ2v) is 5.91. The van der Waals surface area contributed by atoms with Crippen LogP contribution in [0.3, 0.4) is 0 Å². The van der Waals surface area contributed by atoms with Gasteiger partial charge in [0, 0.05) is 23.1 Å². The number of hydrogen-bond donors (Lipinski definition) is 0. The number of rotatable bonds is 1. The second-order valence-electron chi connectivity index (χ2n) is 5.91. The zero-order valence-corrected chi connectivity index (χ0v) is 17.3. The maximum atomic E-state index is 4.88. The molecule has 136 valence electrons. The van der Waals surface area contributed by atoms with E-state index in [1.54, 1.807) is 7.11 Å². The topological polar surface area (TPSA) is 35.0 Å². The van der Waals surface area contributed by atoms with Crippen molar-refractivity contribution in [2.24, 2.45) is 5.92 Å². The zero-order chi connectivity index (χ0) is 19.1. The van der Waals surface area contributed by atoms with Crippen LogP contribution in [0.5, 0.6) is 5.88 Å². The molecule has 0 N–H and O–H groups in total. The number of pyridine rings is 2. The van der Waals surface area contributed by atoms with Crippen LogP contribution in [0, 0.1) is 33.6 Å². The first-order valence-electron chi connectivity index (χ1n) is 8.64. The monoisotopic (exact) mass is 332 g/mol. The van der Waals surface area contributed by atoms with Gasteiger partial charge in [-0.05, 0) is 51.3 Å². The third kappa shape index (κ3) is 13.7. The lowest BCUT2D eigenvalue weighted by atomic mass is 10.2. The standard InChI is InChI=1S/C8H11N.C7H9NO.C4H10.C2H6/c1-6-4-5-7(2)9-8(6)3;1-6-4-3-5-7(8-6)9-2;1-4(2)3;1-2/h4-5H,1-3H3;3-5H,1-2H3;4H,1-3H3;1-2H3. The van der Waals surface area contributed by atoms with Gasteiger partial charge in [-0.2, -0.15) is 0 Å². The van der Waals surface area contributed by atoms with E-state index in [4.69, 9.17) is 4.74 Å². The van der Waals surface area contributed by atoms with Crippen molar-refractivity contribution in [3.63, 3.8) is 0 Å². The van der Waals surface area contributed by atoms with E-state index in [0.717, 1.165) is 23.0 Å². The van der Waals surface area contributed by atoms with Crippen LogP contribution in [0.25, 0.3) is 0 Å². The van der Waals surface area contributed by atoms with Crippen LogP contribution in [0.2, 0.25) is 0 Å². The van der Waals surface area contributed by atoms with E-state index in [1.807, 2.05) is 58.9 Å². The summed E-state index contributed by atoms with van der Waals surface area (Å²) in [6, 6.07) is 9.80. The van der Waals surface area contributed by atoms with Crippen LogP contribution in [-0.4, -0.2) is 17.1 Å². The SMILES string of the molecule is CC.CC(C)C.COc1cccc(C)n1.Cc1ccc(C)c(C)n1. The Hall–Kier alpha value is -1.90. The molecule has 0 saturated carbocycles. The van der Waals surface area contributed by atoms with E-state index in [1.165, 1.54) is 5.56 Å². The van der Waals surface area contributed by atoms with Crippen molar-refractivity contribution in [2.75, 3.05) is 7.11 Å². The van der Waals surface area contributed by atoms with Gasteiger partial charge < -0.3 is 4.74 Å². The first-order valence-corrected chi connectivity index (χ1v) is 8.64. The summed E-state index contributed by atoms with van der Waals surface area (Å²) in [4.78, 5) is 8.34. The lowest BCUT2D eigenvalue weighted by molar-refractivity contribution is 0.397. The Kier molecular flexibility index (Phi) is 14.9. The molecule has 2 rings (SSSR count). The third-order valence-electron chi connectivity index (χ3n) is 2.56. The quantitative estimate of drug-likeness (QED) is 0.633. The predicted octanol–water partition coefficient (Wildman–Crippen LogP) is 6.09.